The first kappa shape index (κ1) is 15.8. The number of ether oxygens (including phenoxy) is 1. The van der Waals surface area contributed by atoms with Crippen LogP contribution in [0.3, 0.4) is 0 Å². The molecule has 1 unspecified atom stereocenters. The van der Waals surface area contributed by atoms with Gasteiger partial charge in [0.15, 0.2) is 0 Å². The van der Waals surface area contributed by atoms with Crippen molar-refractivity contribution >= 4 is 38.6 Å². The van der Waals surface area contributed by atoms with Gasteiger partial charge in [-0.1, -0.05) is 0 Å². The average molecular weight is 371 g/mol. The molecule has 1 atom stereocenters. The lowest BCUT2D eigenvalue weighted by atomic mass is 10.2. The third kappa shape index (κ3) is 3.74. The summed E-state index contributed by atoms with van der Waals surface area (Å²) in [5.41, 5.74) is 0.497. The first-order chi connectivity index (χ1) is 10.0. The van der Waals surface area contributed by atoms with Gasteiger partial charge in [-0.05, 0) is 53.4 Å². The molecule has 0 spiro atoms. The normalized spacial score (nSPS) is 12.0. The van der Waals surface area contributed by atoms with E-state index in [9.17, 15) is 10.1 Å². The molecule has 0 saturated heterocycles. The SMILES string of the molecule is CCOc1ccc(NC(C)c2sccc2Br)c([N+](=O)[O-])c1. The van der Waals surface area contributed by atoms with E-state index >= 15 is 0 Å². The summed E-state index contributed by atoms with van der Waals surface area (Å²) < 4.78 is 6.31. The van der Waals surface area contributed by atoms with E-state index in [0.29, 0.717) is 18.0 Å². The molecule has 2 aromatic rings. The van der Waals surface area contributed by atoms with Gasteiger partial charge in [-0.25, -0.2) is 0 Å². The zero-order valence-corrected chi connectivity index (χ0v) is 14.0. The van der Waals surface area contributed by atoms with Crippen molar-refractivity contribution in [1.29, 1.82) is 0 Å². The largest absolute Gasteiger partial charge is 0.494 e. The fraction of sp³-hybridized carbons (Fsp3) is 0.286. The Hall–Kier alpha value is -1.60. The second-order valence-electron chi connectivity index (χ2n) is 4.37. The smallest absolute Gasteiger partial charge is 0.296 e. The summed E-state index contributed by atoms with van der Waals surface area (Å²) in [6.07, 6.45) is 0. The molecule has 0 amide bonds. The lowest BCUT2D eigenvalue weighted by molar-refractivity contribution is -0.384. The van der Waals surface area contributed by atoms with Gasteiger partial charge in [0.1, 0.15) is 11.4 Å². The quantitative estimate of drug-likeness (QED) is 0.574. The van der Waals surface area contributed by atoms with E-state index in [1.807, 2.05) is 25.3 Å². The van der Waals surface area contributed by atoms with Crippen molar-refractivity contribution in [2.45, 2.75) is 19.9 Å². The van der Waals surface area contributed by atoms with Gasteiger partial charge in [0, 0.05) is 9.35 Å². The highest BCUT2D eigenvalue weighted by Gasteiger charge is 2.19. The molecule has 0 aliphatic rings. The summed E-state index contributed by atoms with van der Waals surface area (Å²) in [4.78, 5) is 11.9. The topological polar surface area (TPSA) is 64.4 Å². The monoisotopic (exact) mass is 370 g/mol. The highest BCUT2D eigenvalue weighted by atomic mass is 79.9. The van der Waals surface area contributed by atoms with Crippen LogP contribution in [-0.2, 0) is 0 Å². The van der Waals surface area contributed by atoms with Crippen molar-refractivity contribution < 1.29 is 9.66 Å². The molecule has 1 N–H and O–H groups in total. The third-order valence-corrected chi connectivity index (χ3v) is 4.94. The highest BCUT2D eigenvalue weighted by molar-refractivity contribution is 9.10. The van der Waals surface area contributed by atoms with E-state index in [-0.39, 0.29) is 11.7 Å². The Kier molecular flexibility index (Phi) is 5.19. The summed E-state index contributed by atoms with van der Waals surface area (Å²) in [7, 11) is 0. The Morgan fingerprint density at radius 2 is 2.24 bits per heavy atom. The molecule has 0 aliphatic carbocycles. The minimum absolute atomic E-state index is 0.0143. The minimum atomic E-state index is -0.402. The second kappa shape index (κ2) is 6.91. The number of nitrogens with zero attached hydrogens (tertiary/aromatic N) is 1. The number of thiophene rings is 1. The Morgan fingerprint density at radius 1 is 1.48 bits per heavy atom. The van der Waals surface area contributed by atoms with Crippen LogP contribution in [0, 0.1) is 10.1 Å². The fourth-order valence-corrected chi connectivity index (χ4v) is 3.68. The number of benzene rings is 1. The Morgan fingerprint density at radius 3 is 2.81 bits per heavy atom. The van der Waals surface area contributed by atoms with Crippen LogP contribution in [0.15, 0.2) is 34.1 Å². The number of rotatable bonds is 6. The van der Waals surface area contributed by atoms with E-state index in [1.165, 1.54) is 6.07 Å². The van der Waals surface area contributed by atoms with E-state index < -0.39 is 4.92 Å². The van der Waals surface area contributed by atoms with Crippen LogP contribution in [0.1, 0.15) is 24.8 Å². The van der Waals surface area contributed by atoms with Crippen LogP contribution in [0.2, 0.25) is 0 Å². The average Bonchev–Trinajstić information content (AvgIpc) is 2.87. The van der Waals surface area contributed by atoms with Gasteiger partial charge >= 0.3 is 0 Å². The van der Waals surface area contributed by atoms with E-state index in [0.717, 1.165) is 9.35 Å². The molecular formula is C14H15BrN2O3S. The number of nitro benzene ring substituents is 1. The first-order valence-electron chi connectivity index (χ1n) is 6.43. The summed E-state index contributed by atoms with van der Waals surface area (Å²) in [5.74, 6) is 0.500. The molecule has 1 aromatic heterocycles. The van der Waals surface area contributed by atoms with Crippen molar-refractivity contribution in [2.75, 3.05) is 11.9 Å². The van der Waals surface area contributed by atoms with Gasteiger partial charge in [-0.2, -0.15) is 0 Å². The summed E-state index contributed by atoms with van der Waals surface area (Å²) in [6, 6.07) is 6.79. The van der Waals surface area contributed by atoms with Crippen molar-refractivity contribution in [3.8, 4) is 5.75 Å². The number of nitrogens with one attached hydrogen (secondary N) is 1. The van der Waals surface area contributed by atoms with Crippen LogP contribution in [0.5, 0.6) is 5.75 Å². The summed E-state index contributed by atoms with van der Waals surface area (Å²) in [6.45, 7) is 4.29. The molecule has 0 saturated carbocycles. The van der Waals surface area contributed by atoms with Gasteiger partial charge in [0.05, 0.1) is 23.6 Å². The van der Waals surface area contributed by atoms with Crippen LogP contribution in [0.4, 0.5) is 11.4 Å². The summed E-state index contributed by atoms with van der Waals surface area (Å²) in [5, 5.41) is 16.4. The maximum Gasteiger partial charge on any atom is 0.296 e. The molecule has 1 heterocycles. The van der Waals surface area contributed by atoms with E-state index in [4.69, 9.17) is 4.74 Å². The molecule has 7 heteroatoms. The van der Waals surface area contributed by atoms with Gasteiger partial charge < -0.3 is 10.1 Å². The molecule has 112 valence electrons. The van der Waals surface area contributed by atoms with Gasteiger partial charge in [-0.3, -0.25) is 10.1 Å². The van der Waals surface area contributed by atoms with Gasteiger partial charge in [-0.15, -0.1) is 11.3 Å². The fourth-order valence-electron chi connectivity index (χ4n) is 1.95. The number of halogens is 1. The molecule has 5 nitrogen and oxygen atoms in total. The number of hydrogen-bond donors (Lipinski definition) is 1. The summed E-state index contributed by atoms with van der Waals surface area (Å²) >= 11 is 5.07. The second-order valence-corrected chi connectivity index (χ2v) is 6.17. The maximum absolute atomic E-state index is 11.2. The standard InChI is InChI=1S/C14H15BrN2O3S/c1-3-20-10-4-5-12(13(8-10)17(18)19)16-9(2)14-11(15)6-7-21-14/h4-9,16H,3H2,1-2H3. The molecule has 0 aliphatic heterocycles. The zero-order chi connectivity index (χ0) is 15.4. The number of anilines is 1. The van der Waals surface area contributed by atoms with Crippen molar-refractivity contribution in [2.24, 2.45) is 0 Å². The molecule has 0 radical (unpaired) electrons. The molecule has 21 heavy (non-hydrogen) atoms. The van der Waals surface area contributed by atoms with Crippen molar-refractivity contribution in [1.82, 2.24) is 0 Å². The third-order valence-electron chi connectivity index (χ3n) is 2.89. The minimum Gasteiger partial charge on any atom is -0.494 e. The van der Waals surface area contributed by atoms with Gasteiger partial charge in [0.25, 0.3) is 5.69 Å². The Labute approximate surface area is 135 Å². The Bertz CT molecular complexity index is 645. The zero-order valence-electron chi connectivity index (χ0n) is 11.6. The van der Waals surface area contributed by atoms with Crippen LogP contribution >= 0.6 is 27.3 Å². The first-order valence-corrected chi connectivity index (χ1v) is 8.10. The maximum atomic E-state index is 11.2. The van der Waals surface area contributed by atoms with Crippen LogP contribution in [0.25, 0.3) is 0 Å². The van der Waals surface area contributed by atoms with E-state index in [2.05, 4.69) is 21.2 Å². The molecule has 2 rings (SSSR count). The molecule has 0 bridgehead atoms. The number of nitro groups is 1. The van der Waals surface area contributed by atoms with Crippen molar-refractivity contribution in [3.63, 3.8) is 0 Å². The predicted octanol–water partition coefficient (Wildman–Crippen LogP) is 4.99. The van der Waals surface area contributed by atoms with E-state index in [1.54, 1.807) is 23.5 Å². The van der Waals surface area contributed by atoms with Crippen LogP contribution in [-0.4, -0.2) is 11.5 Å². The lowest BCUT2D eigenvalue weighted by Gasteiger charge is -2.15. The van der Waals surface area contributed by atoms with Gasteiger partial charge in [0.2, 0.25) is 0 Å². The Balaban J connectivity index is 2.27. The molecule has 0 fully saturated rings. The molecular weight excluding hydrogens is 356 g/mol. The van der Waals surface area contributed by atoms with Crippen LogP contribution < -0.4 is 10.1 Å². The highest BCUT2D eigenvalue weighted by Crippen LogP contribution is 2.35. The lowest BCUT2D eigenvalue weighted by Crippen LogP contribution is -2.07. The predicted molar refractivity (Wildman–Crippen MR) is 88.3 cm³/mol. The molecule has 1 aromatic carbocycles. The van der Waals surface area contributed by atoms with Crippen molar-refractivity contribution in [3.05, 3.63) is 49.1 Å². The number of hydrogen-bond acceptors (Lipinski definition) is 5.